The molecular formula is C12H18N2O2S. The van der Waals surface area contributed by atoms with E-state index in [9.17, 15) is 4.79 Å². The van der Waals surface area contributed by atoms with Gasteiger partial charge in [-0.15, -0.1) is 11.3 Å². The van der Waals surface area contributed by atoms with Crippen molar-refractivity contribution in [2.75, 3.05) is 26.2 Å². The van der Waals surface area contributed by atoms with Crippen LogP contribution in [0, 0.1) is 0 Å². The third-order valence-corrected chi connectivity index (χ3v) is 3.79. The van der Waals surface area contributed by atoms with Crippen molar-refractivity contribution < 1.29 is 9.53 Å². The van der Waals surface area contributed by atoms with Crippen molar-refractivity contribution in [3.63, 3.8) is 0 Å². The van der Waals surface area contributed by atoms with Crippen molar-refractivity contribution in [3.8, 4) is 0 Å². The Morgan fingerprint density at radius 1 is 1.71 bits per heavy atom. The summed E-state index contributed by atoms with van der Waals surface area (Å²) in [6.45, 7) is 7.46. The monoisotopic (exact) mass is 254 g/mol. The number of nitrogens with zero attached hydrogens (tertiary/aromatic N) is 2. The Bertz CT molecular complexity index is 390. The Labute approximate surface area is 106 Å². The average Bonchev–Trinajstić information content (AvgIpc) is 2.79. The van der Waals surface area contributed by atoms with Gasteiger partial charge in [-0.25, -0.2) is 4.98 Å². The van der Waals surface area contributed by atoms with Gasteiger partial charge in [0.1, 0.15) is 16.8 Å². The van der Waals surface area contributed by atoms with Gasteiger partial charge in [0.15, 0.2) is 5.78 Å². The second kappa shape index (κ2) is 5.71. The van der Waals surface area contributed by atoms with E-state index in [4.69, 9.17) is 4.74 Å². The first kappa shape index (κ1) is 12.7. The van der Waals surface area contributed by atoms with E-state index in [1.54, 1.807) is 6.92 Å². The highest BCUT2D eigenvalue weighted by molar-refractivity contribution is 7.09. The third-order valence-electron chi connectivity index (χ3n) is 2.85. The standard InChI is InChI=1S/C12H18N2O2S/c1-3-4-14-5-6-16-11(7-14)12-13-10(8-17-12)9(2)15/h8,11H,3-7H2,1-2H3. The summed E-state index contributed by atoms with van der Waals surface area (Å²) in [5, 5.41) is 2.75. The molecule has 0 aliphatic carbocycles. The van der Waals surface area contributed by atoms with E-state index >= 15 is 0 Å². The lowest BCUT2D eigenvalue weighted by Gasteiger charge is -2.31. The van der Waals surface area contributed by atoms with Crippen LogP contribution in [-0.4, -0.2) is 41.9 Å². The minimum Gasteiger partial charge on any atom is -0.368 e. The van der Waals surface area contributed by atoms with E-state index in [1.165, 1.54) is 11.3 Å². The maximum atomic E-state index is 11.2. The summed E-state index contributed by atoms with van der Waals surface area (Å²) >= 11 is 1.52. The predicted molar refractivity (Wildman–Crippen MR) is 67.5 cm³/mol. The fourth-order valence-electron chi connectivity index (χ4n) is 1.97. The van der Waals surface area contributed by atoms with Crippen LogP contribution in [0.4, 0.5) is 0 Å². The summed E-state index contributed by atoms with van der Waals surface area (Å²) in [6, 6.07) is 0. The Morgan fingerprint density at radius 3 is 3.18 bits per heavy atom. The normalized spacial score (nSPS) is 21.6. The minimum atomic E-state index is 0.0220. The first-order valence-electron chi connectivity index (χ1n) is 6.01. The lowest BCUT2D eigenvalue weighted by atomic mass is 10.2. The van der Waals surface area contributed by atoms with Crippen molar-refractivity contribution in [2.24, 2.45) is 0 Å². The topological polar surface area (TPSA) is 42.4 Å². The highest BCUT2D eigenvalue weighted by atomic mass is 32.1. The summed E-state index contributed by atoms with van der Waals surface area (Å²) in [6.07, 6.45) is 1.19. The largest absolute Gasteiger partial charge is 0.368 e. The van der Waals surface area contributed by atoms with E-state index in [1.807, 2.05) is 5.38 Å². The molecule has 1 aliphatic rings. The van der Waals surface area contributed by atoms with Crippen LogP contribution in [0.1, 0.15) is 41.9 Å². The number of hydrogen-bond acceptors (Lipinski definition) is 5. The number of carbonyl (C=O) groups is 1. The van der Waals surface area contributed by atoms with Crippen molar-refractivity contribution in [1.29, 1.82) is 0 Å². The molecule has 5 heteroatoms. The molecule has 2 rings (SSSR count). The van der Waals surface area contributed by atoms with Crippen molar-refractivity contribution in [2.45, 2.75) is 26.4 Å². The molecule has 0 spiro atoms. The third kappa shape index (κ3) is 3.12. The van der Waals surface area contributed by atoms with E-state index in [0.717, 1.165) is 37.7 Å². The van der Waals surface area contributed by atoms with E-state index in [-0.39, 0.29) is 11.9 Å². The van der Waals surface area contributed by atoms with E-state index in [2.05, 4.69) is 16.8 Å². The summed E-state index contributed by atoms with van der Waals surface area (Å²) in [7, 11) is 0. The van der Waals surface area contributed by atoms with Gasteiger partial charge in [-0.3, -0.25) is 9.69 Å². The SMILES string of the molecule is CCCN1CCOC(c2nc(C(C)=O)cs2)C1. The van der Waals surface area contributed by atoms with Gasteiger partial charge in [-0.05, 0) is 13.0 Å². The zero-order chi connectivity index (χ0) is 12.3. The summed E-state index contributed by atoms with van der Waals surface area (Å²) in [4.78, 5) is 17.9. The maximum Gasteiger partial charge on any atom is 0.178 e. The molecule has 0 bridgehead atoms. The molecule has 1 fully saturated rings. The Morgan fingerprint density at radius 2 is 2.53 bits per heavy atom. The van der Waals surface area contributed by atoms with Crippen molar-refractivity contribution in [3.05, 3.63) is 16.1 Å². The second-order valence-corrected chi connectivity index (χ2v) is 5.18. The molecule has 17 heavy (non-hydrogen) atoms. The smallest absolute Gasteiger partial charge is 0.178 e. The number of thiazole rings is 1. The number of morpholine rings is 1. The number of hydrogen-bond donors (Lipinski definition) is 0. The Balaban J connectivity index is 2.02. The predicted octanol–water partition coefficient (Wildman–Crippen LogP) is 2.13. The van der Waals surface area contributed by atoms with Crippen LogP contribution in [0.25, 0.3) is 0 Å². The highest BCUT2D eigenvalue weighted by Gasteiger charge is 2.24. The van der Waals surface area contributed by atoms with E-state index < -0.39 is 0 Å². The zero-order valence-electron chi connectivity index (χ0n) is 10.3. The molecular weight excluding hydrogens is 236 g/mol. The van der Waals surface area contributed by atoms with Gasteiger partial charge >= 0.3 is 0 Å². The fraction of sp³-hybridized carbons (Fsp3) is 0.667. The van der Waals surface area contributed by atoms with Crippen molar-refractivity contribution in [1.82, 2.24) is 9.88 Å². The average molecular weight is 254 g/mol. The van der Waals surface area contributed by atoms with Gasteiger partial charge in [0, 0.05) is 25.4 Å². The van der Waals surface area contributed by atoms with Crippen LogP contribution in [0.5, 0.6) is 0 Å². The molecule has 94 valence electrons. The van der Waals surface area contributed by atoms with Gasteiger partial charge in [-0.1, -0.05) is 6.92 Å². The highest BCUT2D eigenvalue weighted by Crippen LogP contribution is 2.25. The molecule has 4 nitrogen and oxygen atoms in total. The van der Waals surface area contributed by atoms with Crippen LogP contribution in [-0.2, 0) is 4.74 Å². The molecule has 1 aliphatic heterocycles. The van der Waals surface area contributed by atoms with E-state index in [0.29, 0.717) is 5.69 Å². The van der Waals surface area contributed by atoms with Crippen LogP contribution >= 0.6 is 11.3 Å². The molecule has 1 aromatic heterocycles. The fourth-order valence-corrected chi connectivity index (χ4v) is 2.86. The molecule has 2 heterocycles. The second-order valence-electron chi connectivity index (χ2n) is 4.29. The molecule has 0 radical (unpaired) electrons. The molecule has 1 saturated heterocycles. The summed E-state index contributed by atoms with van der Waals surface area (Å²) < 4.78 is 5.73. The van der Waals surface area contributed by atoms with Crippen LogP contribution in [0.3, 0.4) is 0 Å². The Kier molecular flexibility index (Phi) is 4.25. The van der Waals surface area contributed by atoms with Crippen LogP contribution < -0.4 is 0 Å². The molecule has 1 atom stereocenters. The molecule has 1 aromatic rings. The first-order chi connectivity index (χ1) is 8.20. The van der Waals surface area contributed by atoms with Crippen LogP contribution in [0.2, 0.25) is 0 Å². The summed E-state index contributed by atoms with van der Waals surface area (Å²) in [5.41, 5.74) is 0.557. The number of ketones is 1. The quantitative estimate of drug-likeness (QED) is 0.772. The molecule has 0 aromatic carbocycles. The van der Waals surface area contributed by atoms with Crippen LogP contribution in [0.15, 0.2) is 5.38 Å². The van der Waals surface area contributed by atoms with Gasteiger partial charge in [0.05, 0.1) is 6.61 Å². The lowest BCUT2D eigenvalue weighted by Crippen LogP contribution is -2.38. The molecule has 1 unspecified atom stereocenters. The number of ether oxygens (including phenoxy) is 1. The van der Waals surface area contributed by atoms with Crippen molar-refractivity contribution >= 4 is 17.1 Å². The minimum absolute atomic E-state index is 0.0220. The van der Waals surface area contributed by atoms with Gasteiger partial charge in [0.2, 0.25) is 0 Å². The number of aromatic nitrogens is 1. The number of carbonyl (C=O) groups excluding carboxylic acids is 1. The number of Topliss-reactive ketones (excluding diaryl/α,β-unsaturated/α-hetero) is 1. The van der Waals surface area contributed by atoms with Gasteiger partial charge < -0.3 is 4.74 Å². The van der Waals surface area contributed by atoms with Gasteiger partial charge in [-0.2, -0.15) is 0 Å². The van der Waals surface area contributed by atoms with Gasteiger partial charge in [0.25, 0.3) is 0 Å². The zero-order valence-corrected chi connectivity index (χ0v) is 11.1. The molecule has 0 amide bonds. The lowest BCUT2D eigenvalue weighted by molar-refractivity contribution is -0.0299. The summed E-state index contributed by atoms with van der Waals surface area (Å²) in [5.74, 6) is 0.0220. The Hall–Kier alpha value is -0.780. The molecule has 0 N–H and O–H groups in total. The number of rotatable bonds is 4. The molecule has 0 saturated carbocycles. The maximum absolute atomic E-state index is 11.2. The first-order valence-corrected chi connectivity index (χ1v) is 6.89.